The molecule has 1 amide bonds. The normalized spacial score (nSPS) is 19.8. The van der Waals surface area contributed by atoms with Gasteiger partial charge in [0.15, 0.2) is 0 Å². The number of carbonyl (C=O) groups is 2. The van der Waals surface area contributed by atoms with E-state index in [2.05, 4.69) is 0 Å². The van der Waals surface area contributed by atoms with Crippen LogP contribution in [0.15, 0.2) is 84.9 Å². The molecule has 1 aliphatic rings. The average Bonchev–Trinajstić information content (AvgIpc) is 3.29. The van der Waals surface area contributed by atoms with Crippen molar-refractivity contribution >= 4 is 17.6 Å². The van der Waals surface area contributed by atoms with Crippen molar-refractivity contribution in [3.05, 3.63) is 112 Å². The second-order valence-corrected chi connectivity index (χ2v) is 11.9. The molecular weight excluding hydrogens is 564 g/mol. The third-order valence-corrected chi connectivity index (χ3v) is 7.04. The topological polar surface area (TPSA) is 117 Å². The molecule has 3 aromatic carbocycles. The Morgan fingerprint density at radius 1 is 0.818 bits per heavy atom. The fourth-order valence-electron chi connectivity index (χ4n) is 5.03. The summed E-state index contributed by atoms with van der Waals surface area (Å²) >= 11 is 0. The molecular formula is C34H40N2O8. The van der Waals surface area contributed by atoms with Crippen LogP contribution in [0.25, 0.3) is 0 Å². The van der Waals surface area contributed by atoms with Crippen LogP contribution in [0, 0.1) is 10.1 Å². The highest BCUT2D eigenvalue weighted by atomic mass is 16.6. The first kappa shape index (κ1) is 32.8. The smallest absolute Gasteiger partial charge is 0.410 e. The number of hydrogen-bond donors (Lipinski definition) is 0. The number of amides is 1. The van der Waals surface area contributed by atoms with Crippen molar-refractivity contribution in [1.82, 2.24) is 4.90 Å². The summed E-state index contributed by atoms with van der Waals surface area (Å²) in [5.41, 5.74) is 1.80. The van der Waals surface area contributed by atoms with Gasteiger partial charge in [0, 0.05) is 25.1 Å². The van der Waals surface area contributed by atoms with Crippen LogP contribution in [0.4, 0.5) is 10.5 Å². The zero-order valence-electron chi connectivity index (χ0n) is 25.6. The lowest BCUT2D eigenvalue weighted by Gasteiger charge is -2.31. The molecule has 3 aromatic rings. The lowest BCUT2D eigenvalue weighted by atomic mass is 10.0. The molecule has 0 radical (unpaired) electrons. The predicted octanol–water partition coefficient (Wildman–Crippen LogP) is 6.25. The van der Waals surface area contributed by atoms with Crippen LogP contribution in [0.5, 0.6) is 0 Å². The highest BCUT2D eigenvalue weighted by Crippen LogP contribution is 2.32. The number of ether oxygens (including phenoxy) is 4. The minimum atomic E-state index is -0.761. The van der Waals surface area contributed by atoms with Gasteiger partial charge in [-0.2, -0.15) is 0 Å². The quantitative estimate of drug-likeness (QED) is 0.166. The number of nitro groups is 1. The van der Waals surface area contributed by atoms with E-state index in [0.717, 1.165) is 11.1 Å². The third-order valence-electron chi connectivity index (χ3n) is 7.04. The van der Waals surface area contributed by atoms with Gasteiger partial charge in [-0.1, -0.05) is 72.8 Å². The molecule has 234 valence electrons. The van der Waals surface area contributed by atoms with Gasteiger partial charge in [0.1, 0.15) is 29.7 Å². The first-order valence-electron chi connectivity index (χ1n) is 14.7. The molecule has 4 rings (SSSR count). The highest BCUT2D eigenvalue weighted by molar-refractivity contribution is 5.76. The van der Waals surface area contributed by atoms with Crippen LogP contribution in [0.3, 0.4) is 0 Å². The molecule has 0 saturated carbocycles. The van der Waals surface area contributed by atoms with E-state index in [9.17, 15) is 19.7 Å². The van der Waals surface area contributed by atoms with Gasteiger partial charge in [-0.25, -0.2) is 4.79 Å². The van der Waals surface area contributed by atoms with Gasteiger partial charge in [-0.15, -0.1) is 0 Å². The maximum Gasteiger partial charge on any atom is 0.410 e. The second-order valence-electron chi connectivity index (χ2n) is 11.9. The van der Waals surface area contributed by atoms with E-state index in [0.29, 0.717) is 12.2 Å². The van der Waals surface area contributed by atoms with Crippen molar-refractivity contribution in [2.75, 3.05) is 6.54 Å². The summed E-state index contributed by atoms with van der Waals surface area (Å²) in [6.07, 6.45) is -2.91. The molecule has 1 heterocycles. The van der Waals surface area contributed by atoms with Gasteiger partial charge in [0.25, 0.3) is 5.69 Å². The standard InChI is InChI=1S/C34H40N2O8/c1-24(37)19-29-31(41-22-26-11-7-5-8-12-26)32(42-23-27-13-9-6-10-14-27)30(43-29)21-35(33(38)44-34(2,3)4)20-25-15-17-28(18-16-25)36(39)40/h5-18,29-32H,19-23H2,1-4H3/t29-,30-,31+,32-/m1/s1. The van der Waals surface area contributed by atoms with E-state index in [1.807, 2.05) is 60.7 Å². The molecule has 0 aliphatic carbocycles. The van der Waals surface area contributed by atoms with E-state index in [-0.39, 0.29) is 37.6 Å². The fraction of sp³-hybridized carbons (Fsp3) is 0.412. The summed E-state index contributed by atoms with van der Waals surface area (Å²) < 4.78 is 25.1. The number of carbonyl (C=O) groups excluding carboxylic acids is 2. The largest absolute Gasteiger partial charge is 0.444 e. The number of ketones is 1. The monoisotopic (exact) mass is 604 g/mol. The van der Waals surface area contributed by atoms with Crippen molar-refractivity contribution in [2.45, 2.75) is 83.9 Å². The summed E-state index contributed by atoms with van der Waals surface area (Å²) in [6, 6.07) is 25.4. The van der Waals surface area contributed by atoms with E-state index >= 15 is 0 Å². The first-order valence-corrected chi connectivity index (χ1v) is 14.7. The van der Waals surface area contributed by atoms with Crippen LogP contribution in [0.2, 0.25) is 0 Å². The lowest BCUT2D eigenvalue weighted by Crippen LogP contribution is -2.45. The molecule has 0 spiro atoms. The van der Waals surface area contributed by atoms with E-state index < -0.39 is 41.0 Å². The number of non-ortho nitro benzene ring substituents is 1. The maximum absolute atomic E-state index is 13.5. The van der Waals surface area contributed by atoms with Crippen molar-refractivity contribution in [1.29, 1.82) is 0 Å². The Morgan fingerprint density at radius 3 is 1.82 bits per heavy atom. The lowest BCUT2D eigenvalue weighted by molar-refractivity contribution is -0.384. The maximum atomic E-state index is 13.5. The summed E-state index contributed by atoms with van der Waals surface area (Å²) in [4.78, 5) is 38.0. The SMILES string of the molecule is CC(=O)C[C@H]1O[C@H](CN(Cc2ccc([N+](=O)[O-])cc2)C(=O)OC(C)(C)C)[C@@H](OCc2ccccc2)[C@H]1OCc1ccccc1. The minimum Gasteiger partial charge on any atom is -0.444 e. The summed E-state index contributed by atoms with van der Waals surface area (Å²) in [5, 5.41) is 11.2. The van der Waals surface area contributed by atoms with Gasteiger partial charge in [0.2, 0.25) is 0 Å². The molecule has 0 N–H and O–H groups in total. The fourth-order valence-corrected chi connectivity index (χ4v) is 5.03. The third kappa shape index (κ3) is 9.70. The van der Waals surface area contributed by atoms with Crippen LogP contribution in [-0.2, 0) is 43.5 Å². The Balaban J connectivity index is 1.62. The predicted molar refractivity (Wildman–Crippen MR) is 164 cm³/mol. The molecule has 0 aromatic heterocycles. The molecule has 0 unspecified atom stereocenters. The summed E-state index contributed by atoms with van der Waals surface area (Å²) in [7, 11) is 0. The Labute approximate surface area is 258 Å². The van der Waals surface area contributed by atoms with Crippen molar-refractivity contribution in [3.63, 3.8) is 0 Å². The summed E-state index contributed by atoms with van der Waals surface area (Å²) in [6.45, 7) is 7.61. The highest BCUT2D eigenvalue weighted by Gasteiger charge is 2.47. The number of hydrogen-bond acceptors (Lipinski definition) is 8. The van der Waals surface area contributed by atoms with Gasteiger partial charge < -0.3 is 23.8 Å². The van der Waals surface area contributed by atoms with E-state index in [4.69, 9.17) is 18.9 Å². The van der Waals surface area contributed by atoms with E-state index in [1.54, 1.807) is 32.9 Å². The van der Waals surface area contributed by atoms with Crippen LogP contribution in [0.1, 0.15) is 50.8 Å². The molecule has 10 nitrogen and oxygen atoms in total. The number of rotatable bonds is 13. The van der Waals surface area contributed by atoms with Gasteiger partial charge in [-0.05, 0) is 44.4 Å². The number of nitrogens with zero attached hydrogens (tertiary/aromatic N) is 2. The van der Waals surface area contributed by atoms with Crippen LogP contribution >= 0.6 is 0 Å². The average molecular weight is 605 g/mol. The number of Topliss-reactive ketones (excluding diaryl/α,β-unsaturated/α-hetero) is 1. The number of nitro benzene ring substituents is 1. The Kier molecular flexibility index (Phi) is 11.2. The van der Waals surface area contributed by atoms with Gasteiger partial charge in [-0.3, -0.25) is 14.9 Å². The molecule has 1 aliphatic heterocycles. The second kappa shape index (κ2) is 15.1. The zero-order chi connectivity index (χ0) is 31.7. The van der Waals surface area contributed by atoms with Crippen molar-refractivity contribution in [3.8, 4) is 0 Å². The van der Waals surface area contributed by atoms with Crippen LogP contribution < -0.4 is 0 Å². The first-order chi connectivity index (χ1) is 21.0. The van der Waals surface area contributed by atoms with Crippen molar-refractivity contribution < 1.29 is 33.5 Å². The number of benzene rings is 3. The molecule has 10 heteroatoms. The zero-order valence-corrected chi connectivity index (χ0v) is 25.6. The Morgan fingerprint density at radius 2 is 1.34 bits per heavy atom. The van der Waals surface area contributed by atoms with Crippen molar-refractivity contribution in [2.24, 2.45) is 0 Å². The molecule has 44 heavy (non-hydrogen) atoms. The van der Waals surface area contributed by atoms with Gasteiger partial charge in [0.05, 0.1) is 30.8 Å². The molecule has 0 bridgehead atoms. The van der Waals surface area contributed by atoms with Crippen LogP contribution in [-0.4, -0.2) is 58.3 Å². The van der Waals surface area contributed by atoms with E-state index in [1.165, 1.54) is 24.0 Å². The summed E-state index contributed by atoms with van der Waals surface area (Å²) in [5.74, 6) is -0.0550. The molecule has 4 atom stereocenters. The molecule has 1 fully saturated rings. The Bertz CT molecular complexity index is 1380. The minimum absolute atomic E-state index is 0.0449. The molecule has 1 saturated heterocycles. The Hall–Kier alpha value is -4.12. The van der Waals surface area contributed by atoms with Gasteiger partial charge >= 0.3 is 6.09 Å².